The zero-order valence-electron chi connectivity index (χ0n) is 11.2. The molecule has 19 heavy (non-hydrogen) atoms. The van der Waals surface area contributed by atoms with Crippen molar-refractivity contribution in [1.82, 2.24) is 9.80 Å². The Morgan fingerprint density at radius 2 is 2.26 bits per heavy atom. The van der Waals surface area contributed by atoms with Crippen molar-refractivity contribution in [3.63, 3.8) is 0 Å². The van der Waals surface area contributed by atoms with E-state index in [2.05, 4.69) is 25.7 Å². The average molecular weight is 328 g/mol. The molecule has 2 aliphatic rings. The minimum Gasteiger partial charge on any atom is -0.466 e. The lowest BCUT2D eigenvalue weighted by molar-refractivity contribution is 0.0237. The van der Waals surface area contributed by atoms with Gasteiger partial charge in [0.15, 0.2) is 0 Å². The van der Waals surface area contributed by atoms with E-state index < -0.39 is 0 Å². The highest BCUT2D eigenvalue weighted by atomic mass is 79.9. The van der Waals surface area contributed by atoms with Crippen LogP contribution in [0.2, 0.25) is 0 Å². The second kappa shape index (κ2) is 5.95. The number of piperazine rings is 1. The van der Waals surface area contributed by atoms with Gasteiger partial charge in [-0.3, -0.25) is 9.80 Å². The van der Waals surface area contributed by atoms with E-state index in [1.807, 2.05) is 6.07 Å². The third-order valence-corrected chi connectivity index (χ3v) is 5.14. The summed E-state index contributed by atoms with van der Waals surface area (Å²) < 4.78 is 6.66. The van der Waals surface area contributed by atoms with Crippen LogP contribution in [0.4, 0.5) is 0 Å². The lowest BCUT2D eigenvalue weighted by atomic mass is 9.98. The summed E-state index contributed by atoms with van der Waals surface area (Å²) in [5, 5.41) is 0. The predicted octanol–water partition coefficient (Wildman–Crippen LogP) is 2.21. The first kappa shape index (κ1) is 13.6. The van der Waals surface area contributed by atoms with Crippen molar-refractivity contribution < 1.29 is 4.42 Å². The van der Waals surface area contributed by atoms with Gasteiger partial charge < -0.3 is 10.2 Å². The molecule has 0 aromatic carbocycles. The second-order valence-corrected chi connectivity index (χ2v) is 6.42. The van der Waals surface area contributed by atoms with Crippen LogP contribution in [0.5, 0.6) is 0 Å². The van der Waals surface area contributed by atoms with Gasteiger partial charge in [0.1, 0.15) is 5.76 Å². The summed E-state index contributed by atoms with van der Waals surface area (Å²) in [5.41, 5.74) is 6.00. The molecule has 5 heteroatoms. The summed E-state index contributed by atoms with van der Waals surface area (Å²) in [4.78, 5) is 5.14. The summed E-state index contributed by atoms with van der Waals surface area (Å²) in [5.74, 6) is 0.978. The maximum atomic E-state index is 6.00. The van der Waals surface area contributed by atoms with Gasteiger partial charge in [0.05, 0.1) is 16.8 Å². The van der Waals surface area contributed by atoms with E-state index in [1.54, 1.807) is 6.26 Å². The highest BCUT2D eigenvalue weighted by Gasteiger charge is 2.33. The van der Waals surface area contributed by atoms with Gasteiger partial charge in [-0.05, 0) is 41.4 Å². The van der Waals surface area contributed by atoms with Crippen LogP contribution in [0.1, 0.15) is 31.1 Å². The molecule has 2 unspecified atom stereocenters. The number of rotatable bonds is 3. The molecule has 0 aliphatic carbocycles. The minimum atomic E-state index is 0.202. The van der Waals surface area contributed by atoms with Crippen LogP contribution in [0.15, 0.2) is 21.2 Å². The molecule has 1 aromatic heterocycles. The van der Waals surface area contributed by atoms with Gasteiger partial charge in [0, 0.05) is 32.2 Å². The Labute approximate surface area is 123 Å². The molecule has 0 saturated carbocycles. The zero-order valence-corrected chi connectivity index (χ0v) is 12.8. The molecule has 2 N–H and O–H groups in total. The van der Waals surface area contributed by atoms with E-state index in [4.69, 9.17) is 10.2 Å². The third-order valence-electron chi connectivity index (χ3n) is 4.48. The Morgan fingerprint density at radius 1 is 1.37 bits per heavy atom. The van der Waals surface area contributed by atoms with E-state index in [0.717, 1.165) is 23.3 Å². The van der Waals surface area contributed by atoms with Crippen LogP contribution in [0.25, 0.3) is 0 Å². The van der Waals surface area contributed by atoms with Gasteiger partial charge in [-0.2, -0.15) is 0 Å². The topological polar surface area (TPSA) is 45.6 Å². The number of piperidine rings is 1. The Bertz CT molecular complexity index is 423. The van der Waals surface area contributed by atoms with Crippen LogP contribution >= 0.6 is 15.9 Å². The summed E-state index contributed by atoms with van der Waals surface area (Å²) in [7, 11) is 0. The highest BCUT2D eigenvalue weighted by molar-refractivity contribution is 9.10. The summed E-state index contributed by atoms with van der Waals surface area (Å²) in [6.45, 7) is 5.26. The largest absolute Gasteiger partial charge is 0.466 e. The quantitative estimate of drug-likeness (QED) is 0.924. The summed E-state index contributed by atoms with van der Waals surface area (Å²) in [6, 6.07) is 2.87. The van der Waals surface area contributed by atoms with Crippen molar-refractivity contribution in [1.29, 1.82) is 0 Å². The molecule has 2 saturated heterocycles. The molecule has 3 heterocycles. The van der Waals surface area contributed by atoms with Crippen molar-refractivity contribution in [2.45, 2.75) is 31.3 Å². The smallest absolute Gasteiger partial charge is 0.136 e. The Hall–Kier alpha value is -0.360. The number of fused-ring (bicyclic) bond motifs is 1. The van der Waals surface area contributed by atoms with E-state index in [1.165, 1.54) is 32.4 Å². The molecular formula is C14H22BrN3O. The number of nitrogens with zero attached hydrogens (tertiary/aromatic N) is 2. The number of hydrogen-bond donors (Lipinski definition) is 1. The highest BCUT2D eigenvalue weighted by Crippen LogP contribution is 2.31. The monoisotopic (exact) mass is 327 g/mol. The van der Waals surface area contributed by atoms with E-state index in [9.17, 15) is 0 Å². The molecule has 0 spiro atoms. The summed E-state index contributed by atoms with van der Waals surface area (Å²) in [6.07, 6.45) is 5.79. The van der Waals surface area contributed by atoms with Crippen LogP contribution in [0, 0.1) is 0 Å². The lowest BCUT2D eigenvalue weighted by Gasteiger charge is -2.46. The van der Waals surface area contributed by atoms with Crippen LogP contribution in [-0.4, -0.2) is 48.6 Å². The van der Waals surface area contributed by atoms with Gasteiger partial charge in [0.25, 0.3) is 0 Å². The Morgan fingerprint density at radius 3 is 3.00 bits per heavy atom. The van der Waals surface area contributed by atoms with E-state index in [0.29, 0.717) is 12.6 Å². The molecule has 0 bridgehead atoms. The zero-order chi connectivity index (χ0) is 13.2. The van der Waals surface area contributed by atoms with Gasteiger partial charge in [-0.25, -0.2) is 0 Å². The maximum absolute atomic E-state index is 6.00. The van der Waals surface area contributed by atoms with Crippen molar-refractivity contribution in [2.75, 3.05) is 32.7 Å². The first-order valence-corrected chi connectivity index (χ1v) is 8.00. The molecule has 3 rings (SSSR count). The molecule has 0 amide bonds. The van der Waals surface area contributed by atoms with Crippen LogP contribution in [0.3, 0.4) is 0 Å². The average Bonchev–Trinajstić information content (AvgIpc) is 2.86. The molecule has 1 aromatic rings. The Kier molecular flexibility index (Phi) is 4.27. The minimum absolute atomic E-state index is 0.202. The van der Waals surface area contributed by atoms with Gasteiger partial charge in [0.2, 0.25) is 0 Å². The fourth-order valence-corrected chi connectivity index (χ4v) is 3.89. The number of hydrogen-bond acceptors (Lipinski definition) is 4. The summed E-state index contributed by atoms with van der Waals surface area (Å²) >= 11 is 3.56. The number of halogens is 1. The number of furan rings is 1. The second-order valence-electron chi connectivity index (χ2n) is 5.56. The predicted molar refractivity (Wildman–Crippen MR) is 79.0 cm³/mol. The molecule has 2 aliphatic heterocycles. The third kappa shape index (κ3) is 2.75. The van der Waals surface area contributed by atoms with E-state index in [-0.39, 0.29) is 6.04 Å². The van der Waals surface area contributed by atoms with Crippen molar-refractivity contribution in [2.24, 2.45) is 5.73 Å². The molecular weight excluding hydrogens is 306 g/mol. The van der Waals surface area contributed by atoms with Gasteiger partial charge >= 0.3 is 0 Å². The molecule has 106 valence electrons. The SMILES string of the molecule is NCC(c1occc1Br)N1CCN2CCCCC2C1. The van der Waals surface area contributed by atoms with E-state index >= 15 is 0 Å². The standard InChI is InChI=1S/C14H22BrN3O/c15-12-4-8-19-14(12)13(9-16)18-7-6-17-5-2-1-3-11(17)10-18/h4,8,11,13H,1-3,5-7,9-10,16H2. The molecule has 0 radical (unpaired) electrons. The first-order chi connectivity index (χ1) is 9.29. The normalized spacial score (nSPS) is 27.2. The van der Waals surface area contributed by atoms with Crippen LogP contribution in [-0.2, 0) is 0 Å². The van der Waals surface area contributed by atoms with Gasteiger partial charge in [-0.15, -0.1) is 0 Å². The van der Waals surface area contributed by atoms with Crippen molar-refractivity contribution in [3.8, 4) is 0 Å². The lowest BCUT2D eigenvalue weighted by Crippen LogP contribution is -2.56. The fraction of sp³-hybridized carbons (Fsp3) is 0.714. The fourth-order valence-electron chi connectivity index (χ4n) is 3.43. The number of nitrogens with two attached hydrogens (primary N) is 1. The van der Waals surface area contributed by atoms with Crippen LogP contribution < -0.4 is 5.73 Å². The molecule has 2 atom stereocenters. The first-order valence-electron chi connectivity index (χ1n) is 7.20. The van der Waals surface area contributed by atoms with Gasteiger partial charge in [-0.1, -0.05) is 6.42 Å². The molecule has 4 nitrogen and oxygen atoms in total. The van der Waals surface area contributed by atoms with Crippen molar-refractivity contribution in [3.05, 3.63) is 22.6 Å². The maximum Gasteiger partial charge on any atom is 0.136 e. The van der Waals surface area contributed by atoms with Crippen molar-refractivity contribution >= 4 is 15.9 Å². The molecule has 2 fully saturated rings. The Balaban J connectivity index is 1.72.